The summed E-state index contributed by atoms with van der Waals surface area (Å²) in [6, 6.07) is 3.89. The average Bonchev–Trinajstić information content (AvgIpc) is 3.55. The Morgan fingerprint density at radius 2 is 2.00 bits per heavy atom. The summed E-state index contributed by atoms with van der Waals surface area (Å²) in [7, 11) is 0. The highest BCUT2D eigenvalue weighted by Gasteiger charge is 2.35. The third kappa shape index (κ3) is 5.34. The number of nitrogens with one attached hydrogen (secondary N) is 2. The van der Waals surface area contributed by atoms with Crippen molar-refractivity contribution < 1.29 is 19.1 Å². The summed E-state index contributed by atoms with van der Waals surface area (Å²) in [6.45, 7) is 4.55. The number of aromatic nitrogens is 3. The van der Waals surface area contributed by atoms with Gasteiger partial charge in [-0.15, -0.1) is 0 Å². The Morgan fingerprint density at radius 1 is 1.25 bits per heavy atom. The molecule has 9 heteroatoms. The maximum absolute atomic E-state index is 13.3. The van der Waals surface area contributed by atoms with Gasteiger partial charge in [-0.25, -0.2) is 0 Å². The SMILES string of the molecule is CCOC(C(=O)NCCN(C(=O)c1cn[nH]c1-c1ccncc1)C1CC1)C1CCOCC1. The van der Waals surface area contributed by atoms with Gasteiger partial charge in [0.15, 0.2) is 0 Å². The number of hydrogen-bond acceptors (Lipinski definition) is 6. The van der Waals surface area contributed by atoms with Crippen molar-refractivity contribution in [3.63, 3.8) is 0 Å². The lowest BCUT2D eigenvalue weighted by Gasteiger charge is -2.29. The molecular formula is C23H31N5O4. The molecule has 2 aromatic rings. The largest absolute Gasteiger partial charge is 0.381 e. The maximum atomic E-state index is 13.3. The molecule has 32 heavy (non-hydrogen) atoms. The van der Waals surface area contributed by atoms with Crippen molar-refractivity contribution in [3.8, 4) is 11.3 Å². The van der Waals surface area contributed by atoms with Gasteiger partial charge >= 0.3 is 0 Å². The van der Waals surface area contributed by atoms with Crippen LogP contribution >= 0.6 is 0 Å². The van der Waals surface area contributed by atoms with Gasteiger partial charge in [0.2, 0.25) is 5.91 Å². The second kappa shape index (κ2) is 10.7. The van der Waals surface area contributed by atoms with Crippen LogP contribution in [0, 0.1) is 5.92 Å². The lowest BCUT2D eigenvalue weighted by atomic mass is 9.93. The summed E-state index contributed by atoms with van der Waals surface area (Å²) in [5.74, 6) is -0.0189. The van der Waals surface area contributed by atoms with Crippen LogP contribution in [0.2, 0.25) is 0 Å². The summed E-state index contributed by atoms with van der Waals surface area (Å²) >= 11 is 0. The van der Waals surface area contributed by atoms with Crippen LogP contribution in [0.1, 0.15) is 43.0 Å². The number of carbonyl (C=O) groups excluding carboxylic acids is 2. The summed E-state index contributed by atoms with van der Waals surface area (Å²) in [5, 5.41) is 10.0. The Labute approximate surface area is 187 Å². The molecule has 4 rings (SSSR count). The molecule has 172 valence electrons. The maximum Gasteiger partial charge on any atom is 0.257 e. The van der Waals surface area contributed by atoms with Crippen molar-refractivity contribution in [1.29, 1.82) is 0 Å². The fourth-order valence-electron chi connectivity index (χ4n) is 4.20. The van der Waals surface area contributed by atoms with E-state index in [1.165, 1.54) is 0 Å². The zero-order valence-corrected chi connectivity index (χ0v) is 18.5. The normalized spacial score (nSPS) is 17.7. The molecule has 0 radical (unpaired) electrons. The van der Waals surface area contributed by atoms with Crippen molar-refractivity contribution in [2.24, 2.45) is 5.92 Å². The van der Waals surface area contributed by atoms with Crippen molar-refractivity contribution in [1.82, 2.24) is 25.4 Å². The number of pyridine rings is 1. The lowest BCUT2D eigenvalue weighted by Crippen LogP contribution is -2.46. The Balaban J connectivity index is 1.38. The molecule has 3 heterocycles. The van der Waals surface area contributed by atoms with E-state index >= 15 is 0 Å². The topological polar surface area (TPSA) is 109 Å². The third-order valence-corrected chi connectivity index (χ3v) is 6.04. The predicted octanol–water partition coefficient (Wildman–Crippen LogP) is 2.02. The van der Waals surface area contributed by atoms with Gasteiger partial charge in [0.05, 0.1) is 17.5 Å². The number of amides is 2. The molecule has 0 aromatic carbocycles. The lowest BCUT2D eigenvalue weighted by molar-refractivity contribution is -0.138. The van der Waals surface area contributed by atoms with Gasteiger partial charge in [-0.1, -0.05) is 0 Å². The molecule has 2 N–H and O–H groups in total. The van der Waals surface area contributed by atoms with Crippen LogP contribution in [0.3, 0.4) is 0 Å². The van der Waals surface area contributed by atoms with Crippen molar-refractivity contribution in [3.05, 3.63) is 36.3 Å². The van der Waals surface area contributed by atoms with E-state index < -0.39 is 6.10 Å². The Bertz CT molecular complexity index is 893. The number of aromatic amines is 1. The van der Waals surface area contributed by atoms with Gasteiger partial charge in [0, 0.05) is 56.9 Å². The second-order valence-corrected chi connectivity index (χ2v) is 8.24. The first-order valence-corrected chi connectivity index (χ1v) is 11.4. The van der Waals surface area contributed by atoms with Gasteiger partial charge in [-0.2, -0.15) is 5.10 Å². The average molecular weight is 442 g/mol. The van der Waals surface area contributed by atoms with Crippen LogP contribution in [0.4, 0.5) is 0 Å². The molecule has 2 amide bonds. The van der Waals surface area contributed by atoms with E-state index in [1.54, 1.807) is 18.6 Å². The van der Waals surface area contributed by atoms with Crippen LogP contribution in [0.5, 0.6) is 0 Å². The molecule has 1 aliphatic heterocycles. The Kier molecular flexibility index (Phi) is 7.49. The van der Waals surface area contributed by atoms with Gasteiger partial charge < -0.3 is 19.7 Å². The standard InChI is InChI=1S/C23H31N5O4/c1-2-32-21(17-7-13-31-14-8-17)22(29)25-11-12-28(18-3-4-18)23(30)19-15-26-27-20(19)16-5-9-24-10-6-16/h5-6,9-10,15,17-18,21H,2-4,7-8,11-14H2,1H3,(H,25,29)(H,26,27). The smallest absolute Gasteiger partial charge is 0.257 e. The number of ether oxygens (including phenoxy) is 2. The summed E-state index contributed by atoms with van der Waals surface area (Å²) in [6.07, 6.45) is 8.07. The second-order valence-electron chi connectivity index (χ2n) is 8.24. The van der Waals surface area contributed by atoms with Crippen molar-refractivity contribution in [2.75, 3.05) is 32.9 Å². The predicted molar refractivity (Wildman–Crippen MR) is 118 cm³/mol. The number of carbonyl (C=O) groups is 2. The summed E-state index contributed by atoms with van der Waals surface area (Å²) < 4.78 is 11.2. The van der Waals surface area contributed by atoms with Gasteiger partial charge in [-0.3, -0.25) is 19.7 Å². The fourth-order valence-corrected chi connectivity index (χ4v) is 4.20. The number of rotatable bonds is 10. The van der Waals surface area contributed by atoms with Gasteiger partial charge in [0.25, 0.3) is 5.91 Å². The zero-order valence-electron chi connectivity index (χ0n) is 18.5. The monoisotopic (exact) mass is 441 g/mol. The molecule has 0 bridgehead atoms. The van der Waals surface area contributed by atoms with Gasteiger partial charge in [-0.05, 0) is 50.7 Å². The molecule has 1 unspecified atom stereocenters. The quantitative estimate of drug-likeness (QED) is 0.584. The molecule has 0 spiro atoms. The first-order chi connectivity index (χ1) is 15.7. The molecular weight excluding hydrogens is 410 g/mol. The van der Waals surface area contributed by atoms with E-state index in [1.807, 2.05) is 24.0 Å². The van der Waals surface area contributed by atoms with Crippen molar-refractivity contribution in [2.45, 2.75) is 44.8 Å². The highest BCUT2D eigenvalue weighted by molar-refractivity contribution is 6.00. The van der Waals surface area contributed by atoms with E-state index in [0.29, 0.717) is 44.2 Å². The molecule has 1 aliphatic carbocycles. The van der Waals surface area contributed by atoms with Crippen LogP contribution in [-0.4, -0.2) is 77.0 Å². The molecule has 1 saturated heterocycles. The number of H-pyrrole nitrogens is 1. The van der Waals surface area contributed by atoms with Crippen LogP contribution < -0.4 is 5.32 Å². The number of nitrogens with zero attached hydrogens (tertiary/aromatic N) is 3. The number of hydrogen-bond donors (Lipinski definition) is 2. The van der Waals surface area contributed by atoms with Gasteiger partial charge in [0.1, 0.15) is 6.10 Å². The van der Waals surface area contributed by atoms with Crippen molar-refractivity contribution >= 4 is 11.8 Å². The van der Waals surface area contributed by atoms with Crippen LogP contribution in [0.25, 0.3) is 11.3 Å². The molecule has 2 fully saturated rings. The summed E-state index contributed by atoms with van der Waals surface area (Å²) in [5.41, 5.74) is 2.08. The highest BCUT2D eigenvalue weighted by Crippen LogP contribution is 2.30. The highest BCUT2D eigenvalue weighted by atomic mass is 16.5. The minimum absolute atomic E-state index is 0.0758. The first kappa shape index (κ1) is 22.4. The van der Waals surface area contributed by atoms with Crippen LogP contribution in [-0.2, 0) is 14.3 Å². The van der Waals surface area contributed by atoms with E-state index in [-0.39, 0.29) is 23.8 Å². The zero-order chi connectivity index (χ0) is 22.3. The Hall–Kier alpha value is -2.78. The minimum Gasteiger partial charge on any atom is -0.381 e. The minimum atomic E-state index is -0.471. The molecule has 9 nitrogen and oxygen atoms in total. The molecule has 1 saturated carbocycles. The Morgan fingerprint density at radius 3 is 2.69 bits per heavy atom. The first-order valence-electron chi connectivity index (χ1n) is 11.4. The molecule has 2 aliphatic rings. The third-order valence-electron chi connectivity index (χ3n) is 6.04. The van der Waals surface area contributed by atoms with Crippen LogP contribution in [0.15, 0.2) is 30.7 Å². The molecule has 1 atom stereocenters. The molecule has 2 aromatic heterocycles. The van der Waals surface area contributed by atoms with E-state index in [0.717, 1.165) is 31.2 Å². The van der Waals surface area contributed by atoms with E-state index in [9.17, 15) is 9.59 Å². The summed E-state index contributed by atoms with van der Waals surface area (Å²) in [4.78, 5) is 32.1. The van der Waals surface area contributed by atoms with E-state index in [2.05, 4.69) is 20.5 Å². The fraction of sp³-hybridized carbons (Fsp3) is 0.565. The van der Waals surface area contributed by atoms with E-state index in [4.69, 9.17) is 9.47 Å².